The predicted molar refractivity (Wildman–Crippen MR) is 128 cm³/mol. The number of aromatic nitrogens is 1. The Morgan fingerprint density at radius 3 is 2.23 bits per heavy atom. The minimum Gasteiger partial charge on any atom is -0.480 e. The molecule has 2 aromatic carbocycles. The molecule has 1 aliphatic rings. The fourth-order valence-electron chi connectivity index (χ4n) is 4.27. The van der Waals surface area contributed by atoms with Crippen molar-refractivity contribution in [2.24, 2.45) is 5.41 Å². The normalized spacial score (nSPS) is 12.5. The summed E-state index contributed by atoms with van der Waals surface area (Å²) in [5.74, 6) is -1.91. The monoisotopic (exact) mass is 477 g/mol. The second kappa shape index (κ2) is 9.61. The highest BCUT2D eigenvalue weighted by molar-refractivity contribution is 5.95. The quantitative estimate of drug-likeness (QED) is 0.510. The first-order chi connectivity index (χ1) is 16.6. The number of hydrogen-bond donors (Lipinski definition) is 2. The highest BCUT2D eigenvalue weighted by atomic mass is 16.6. The summed E-state index contributed by atoms with van der Waals surface area (Å²) in [5, 5.41) is 15.3. The lowest BCUT2D eigenvalue weighted by Crippen LogP contribution is -2.41. The van der Waals surface area contributed by atoms with Crippen molar-refractivity contribution < 1.29 is 28.8 Å². The fourth-order valence-corrected chi connectivity index (χ4v) is 4.27. The molecule has 0 bridgehead atoms. The van der Waals surface area contributed by atoms with E-state index >= 15 is 0 Å². The minimum atomic E-state index is -1.14. The van der Waals surface area contributed by atoms with Crippen LogP contribution < -0.4 is 5.32 Å². The molecule has 182 valence electrons. The van der Waals surface area contributed by atoms with Crippen molar-refractivity contribution in [3.8, 4) is 11.1 Å². The number of fused-ring (bicyclic) bond motifs is 3. The summed E-state index contributed by atoms with van der Waals surface area (Å²) in [4.78, 5) is 37.6. The van der Waals surface area contributed by atoms with Crippen LogP contribution in [0.25, 0.3) is 11.1 Å². The van der Waals surface area contributed by atoms with E-state index in [1.54, 1.807) is 0 Å². The molecule has 0 saturated carbocycles. The number of carbonyl (C=O) groups excluding carboxylic acids is 2. The molecule has 2 N–H and O–H groups in total. The number of ether oxygens (including phenoxy) is 1. The zero-order chi connectivity index (χ0) is 25.2. The van der Waals surface area contributed by atoms with Crippen molar-refractivity contribution in [3.05, 3.63) is 71.4 Å². The summed E-state index contributed by atoms with van der Waals surface area (Å²) in [6.07, 6.45) is -0.751. The fraction of sp³-hybridized carbons (Fsp3) is 0.308. The SMILES string of the molecule is CC(C)(C)CN(CC(=O)O)C(=O)c1cc(NC(=O)OCC2c3ccccc3-c3ccccc32)on1. The first-order valence-corrected chi connectivity index (χ1v) is 11.2. The number of nitrogens with one attached hydrogen (secondary N) is 1. The number of aliphatic carboxylic acids is 1. The molecule has 0 radical (unpaired) electrons. The summed E-state index contributed by atoms with van der Waals surface area (Å²) in [7, 11) is 0. The Morgan fingerprint density at radius 2 is 1.66 bits per heavy atom. The van der Waals surface area contributed by atoms with Crippen molar-refractivity contribution in [3.63, 3.8) is 0 Å². The van der Waals surface area contributed by atoms with Crippen LogP contribution in [-0.4, -0.2) is 52.8 Å². The van der Waals surface area contributed by atoms with Crippen LogP contribution in [0.1, 0.15) is 48.3 Å². The van der Waals surface area contributed by atoms with E-state index in [1.165, 1.54) is 11.0 Å². The third-order valence-electron chi connectivity index (χ3n) is 5.58. The summed E-state index contributed by atoms with van der Waals surface area (Å²) >= 11 is 0. The molecule has 1 heterocycles. The second-order valence-corrected chi connectivity index (χ2v) is 9.64. The molecule has 0 atom stereocenters. The van der Waals surface area contributed by atoms with Gasteiger partial charge in [-0.15, -0.1) is 0 Å². The maximum absolute atomic E-state index is 12.8. The van der Waals surface area contributed by atoms with E-state index in [0.29, 0.717) is 0 Å². The lowest BCUT2D eigenvalue weighted by Gasteiger charge is -2.28. The number of carboxylic acids is 1. The topological polar surface area (TPSA) is 122 Å². The Hall–Kier alpha value is -4.14. The smallest absolute Gasteiger partial charge is 0.414 e. The molecule has 0 unspecified atom stereocenters. The number of carboxylic acid groups (broad SMARTS) is 1. The highest BCUT2D eigenvalue weighted by Crippen LogP contribution is 2.44. The van der Waals surface area contributed by atoms with Crippen molar-refractivity contribution >= 4 is 23.9 Å². The summed E-state index contributed by atoms with van der Waals surface area (Å²) in [6, 6.07) is 17.3. The van der Waals surface area contributed by atoms with Gasteiger partial charge in [0.2, 0.25) is 5.88 Å². The Kier molecular flexibility index (Phi) is 6.59. The number of carbonyl (C=O) groups is 3. The van der Waals surface area contributed by atoms with Crippen molar-refractivity contribution in [1.82, 2.24) is 10.1 Å². The first-order valence-electron chi connectivity index (χ1n) is 11.2. The van der Waals surface area contributed by atoms with Crippen LogP contribution in [0.5, 0.6) is 0 Å². The van der Waals surface area contributed by atoms with E-state index in [1.807, 2.05) is 57.2 Å². The standard InChI is InChI=1S/C26H27N3O6/c1-26(2,3)15-29(13-23(30)31)24(32)21-12-22(35-28-21)27-25(33)34-14-20-18-10-6-4-8-16(18)17-9-5-7-11-19(17)20/h4-12,20H,13-15H2,1-3H3,(H,27,33)(H,30,31). The van der Waals surface area contributed by atoms with Crippen LogP contribution in [0, 0.1) is 5.41 Å². The molecule has 4 rings (SSSR count). The third-order valence-corrected chi connectivity index (χ3v) is 5.58. The molecule has 2 amide bonds. The lowest BCUT2D eigenvalue weighted by atomic mass is 9.96. The predicted octanol–water partition coefficient (Wildman–Crippen LogP) is 4.61. The van der Waals surface area contributed by atoms with Gasteiger partial charge in [-0.1, -0.05) is 74.5 Å². The Morgan fingerprint density at radius 1 is 1.06 bits per heavy atom. The van der Waals surface area contributed by atoms with Gasteiger partial charge in [0, 0.05) is 18.5 Å². The molecule has 0 spiro atoms. The number of rotatable bonds is 7. The van der Waals surface area contributed by atoms with Gasteiger partial charge < -0.3 is 19.3 Å². The molecule has 3 aromatic rings. The molecule has 35 heavy (non-hydrogen) atoms. The van der Waals surface area contributed by atoms with Crippen molar-refractivity contribution in [1.29, 1.82) is 0 Å². The number of nitrogens with zero attached hydrogens (tertiary/aromatic N) is 2. The summed E-state index contributed by atoms with van der Waals surface area (Å²) in [6.45, 7) is 5.53. The number of hydrogen-bond acceptors (Lipinski definition) is 6. The van der Waals surface area contributed by atoms with Gasteiger partial charge in [0.25, 0.3) is 5.91 Å². The molecule has 1 aliphatic carbocycles. The van der Waals surface area contributed by atoms with E-state index in [2.05, 4.69) is 22.6 Å². The van der Waals surface area contributed by atoms with Crippen molar-refractivity contribution in [2.75, 3.05) is 25.0 Å². The van der Waals surface area contributed by atoms with Gasteiger partial charge in [-0.2, -0.15) is 0 Å². The zero-order valence-corrected chi connectivity index (χ0v) is 19.8. The molecule has 1 aromatic heterocycles. The number of benzene rings is 2. The maximum Gasteiger partial charge on any atom is 0.414 e. The number of anilines is 1. The van der Waals surface area contributed by atoms with Gasteiger partial charge in [-0.05, 0) is 27.7 Å². The number of amides is 2. The van der Waals surface area contributed by atoms with Gasteiger partial charge in [0.1, 0.15) is 13.2 Å². The average Bonchev–Trinajstić information content (AvgIpc) is 3.38. The van der Waals surface area contributed by atoms with Crippen LogP contribution >= 0.6 is 0 Å². The maximum atomic E-state index is 12.8. The highest BCUT2D eigenvalue weighted by Gasteiger charge is 2.30. The minimum absolute atomic E-state index is 0.0726. The second-order valence-electron chi connectivity index (χ2n) is 9.64. The average molecular weight is 478 g/mol. The Bertz CT molecular complexity index is 1210. The Balaban J connectivity index is 1.40. The van der Waals surface area contributed by atoms with Crippen LogP contribution in [0.3, 0.4) is 0 Å². The van der Waals surface area contributed by atoms with E-state index in [4.69, 9.17) is 14.4 Å². The Labute approximate surface area is 202 Å². The molecular formula is C26H27N3O6. The zero-order valence-electron chi connectivity index (χ0n) is 19.8. The van der Waals surface area contributed by atoms with Crippen LogP contribution in [0.15, 0.2) is 59.1 Å². The summed E-state index contributed by atoms with van der Waals surface area (Å²) in [5.41, 5.74) is 3.99. The van der Waals surface area contributed by atoms with Crippen molar-refractivity contribution in [2.45, 2.75) is 26.7 Å². The van der Waals surface area contributed by atoms with Gasteiger partial charge in [0.15, 0.2) is 5.69 Å². The molecular weight excluding hydrogens is 450 g/mol. The van der Waals surface area contributed by atoms with Crippen LogP contribution in [0.2, 0.25) is 0 Å². The molecule has 0 fully saturated rings. The third kappa shape index (κ3) is 5.51. The van der Waals surface area contributed by atoms with Gasteiger partial charge in [-0.3, -0.25) is 14.9 Å². The molecule has 0 aliphatic heterocycles. The van der Waals surface area contributed by atoms with Crippen LogP contribution in [-0.2, 0) is 9.53 Å². The van der Waals surface area contributed by atoms with Gasteiger partial charge in [-0.25, -0.2) is 4.79 Å². The van der Waals surface area contributed by atoms with E-state index in [0.717, 1.165) is 22.3 Å². The van der Waals surface area contributed by atoms with E-state index in [-0.39, 0.29) is 36.1 Å². The molecule has 0 saturated heterocycles. The largest absolute Gasteiger partial charge is 0.480 e. The molecule has 9 heteroatoms. The lowest BCUT2D eigenvalue weighted by molar-refractivity contribution is -0.138. The van der Waals surface area contributed by atoms with E-state index in [9.17, 15) is 14.4 Å². The summed E-state index contributed by atoms with van der Waals surface area (Å²) < 4.78 is 10.5. The van der Waals surface area contributed by atoms with Crippen LogP contribution in [0.4, 0.5) is 10.7 Å². The van der Waals surface area contributed by atoms with Gasteiger partial charge >= 0.3 is 12.1 Å². The first kappa shape index (κ1) is 24.0. The van der Waals surface area contributed by atoms with Gasteiger partial charge in [0.05, 0.1) is 0 Å². The molecule has 9 nitrogen and oxygen atoms in total. The van der Waals surface area contributed by atoms with E-state index < -0.39 is 24.5 Å².